The Hall–Kier alpha value is -2.43. The van der Waals surface area contributed by atoms with Crippen molar-refractivity contribution in [1.82, 2.24) is 10.2 Å². The van der Waals surface area contributed by atoms with E-state index in [4.69, 9.17) is 0 Å². The summed E-state index contributed by atoms with van der Waals surface area (Å²) in [7, 11) is 0. The number of aryl methyl sites for hydroxylation is 2. The largest absolute Gasteiger partial charge is 0.366 e. The molecule has 2 N–H and O–H groups in total. The van der Waals surface area contributed by atoms with Crippen LogP contribution in [-0.4, -0.2) is 22.1 Å². The fourth-order valence-electron chi connectivity index (χ4n) is 2.26. The van der Waals surface area contributed by atoms with E-state index in [9.17, 15) is 4.79 Å². The molecule has 122 valence electrons. The Bertz CT molecular complexity index is 667. The van der Waals surface area contributed by atoms with Gasteiger partial charge in [0.2, 0.25) is 0 Å². The topological polar surface area (TPSA) is 66.9 Å². The Morgan fingerprint density at radius 2 is 1.96 bits per heavy atom. The van der Waals surface area contributed by atoms with Gasteiger partial charge in [0.25, 0.3) is 5.91 Å². The fourth-order valence-corrected chi connectivity index (χ4v) is 2.26. The molecule has 0 aliphatic carbocycles. The number of carbonyl (C=O) groups is 1. The van der Waals surface area contributed by atoms with Gasteiger partial charge in [-0.1, -0.05) is 32.0 Å². The van der Waals surface area contributed by atoms with Gasteiger partial charge in [-0.15, -0.1) is 10.2 Å². The second-order valence-corrected chi connectivity index (χ2v) is 5.67. The molecule has 0 aliphatic rings. The van der Waals surface area contributed by atoms with Crippen molar-refractivity contribution in [3.63, 3.8) is 0 Å². The van der Waals surface area contributed by atoms with Crippen LogP contribution in [0.25, 0.3) is 0 Å². The van der Waals surface area contributed by atoms with E-state index in [0.29, 0.717) is 17.6 Å². The smallest absolute Gasteiger partial charge is 0.276 e. The molecule has 1 aromatic carbocycles. The Morgan fingerprint density at radius 1 is 1.17 bits per heavy atom. The van der Waals surface area contributed by atoms with Gasteiger partial charge in [0.15, 0.2) is 5.69 Å². The molecule has 1 atom stereocenters. The van der Waals surface area contributed by atoms with Crippen LogP contribution in [0.2, 0.25) is 0 Å². The first kappa shape index (κ1) is 16.9. The molecule has 0 radical (unpaired) electrons. The standard InChI is InChI=1S/C18H24N4O/c1-5-13(4)19-16-11-10-15(21-22-16)18(23)20-17-12(3)8-7-9-14(17)6-2/h7-11,13H,5-6H2,1-4H3,(H,19,22)(H,20,23). The number of hydrogen-bond acceptors (Lipinski definition) is 4. The zero-order valence-corrected chi connectivity index (χ0v) is 14.2. The van der Waals surface area contributed by atoms with Crippen molar-refractivity contribution >= 4 is 17.4 Å². The second kappa shape index (κ2) is 7.72. The third-order valence-corrected chi connectivity index (χ3v) is 3.88. The lowest BCUT2D eigenvalue weighted by atomic mass is 10.1. The molecule has 2 aromatic rings. The lowest BCUT2D eigenvalue weighted by molar-refractivity contribution is 0.102. The number of aromatic nitrogens is 2. The summed E-state index contributed by atoms with van der Waals surface area (Å²) in [4.78, 5) is 12.4. The maximum atomic E-state index is 12.4. The molecule has 5 heteroatoms. The summed E-state index contributed by atoms with van der Waals surface area (Å²) >= 11 is 0. The third-order valence-electron chi connectivity index (χ3n) is 3.88. The van der Waals surface area contributed by atoms with Gasteiger partial charge in [-0.05, 0) is 49.9 Å². The molecule has 2 rings (SSSR count). The fraction of sp³-hybridized carbons (Fsp3) is 0.389. The van der Waals surface area contributed by atoms with Crippen LogP contribution in [0, 0.1) is 6.92 Å². The number of para-hydroxylation sites is 1. The summed E-state index contributed by atoms with van der Waals surface area (Å²) in [5.41, 5.74) is 3.33. The van der Waals surface area contributed by atoms with E-state index in [1.165, 1.54) is 0 Å². The highest BCUT2D eigenvalue weighted by Gasteiger charge is 2.12. The molecule has 0 aliphatic heterocycles. The zero-order chi connectivity index (χ0) is 16.8. The predicted molar refractivity (Wildman–Crippen MR) is 93.9 cm³/mol. The van der Waals surface area contributed by atoms with Crippen molar-refractivity contribution in [2.45, 2.75) is 46.6 Å². The zero-order valence-electron chi connectivity index (χ0n) is 14.2. The van der Waals surface area contributed by atoms with E-state index in [-0.39, 0.29) is 5.91 Å². The lowest BCUT2D eigenvalue weighted by Gasteiger charge is -2.13. The van der Waals surface area contributed by atoms with Gasteiger partial charge in [-0.2, -0.15) is 0 Å². The van der Waals surface area contributed by atoms with E-state index >= 15 is 0 Å². The van der Waals surface area contributed by atoms with Crippen LogP contribution in [0.15, 0.2) is 30.3 Å². The summed E-state index contributed by atoms with van der Waals surface area (Å²) < 4.78 is 0. The summed E-state index contributed by atoms with van der Waals surface area (Å²) in [6, 6.07) is 9.80. The highest BCUT2D eigenvalue weighted by atomic mass is 16.1. The van der Waals surface area contributed by atoms with Crippen LogP contribution < -0.4 is 10.6 Å². The summed E-state index contributed by atoms with van der Waals surface area (Å²) in [6.45, 7) is 8.23. The van der Waals surface area contributed by atoms with Crippen LogP contribution in [0.4, 0.5) is 11.5 Å². The normalized spacial score (nSPS) is 11.8. The number of carbonyl (C=O) groups excluding carboxylic acids is 1. The van der Waals surface area contributed by atoms with E-state index in [1.807, 2.05) is 25.1 Å². The highest BCUT2D eigenvalue weighted by Crippen LogP contribution is 2.21. The molecular formula is C18H24N4O. The van der Waals surface area contributed by atoms with Crippen molar-refractivity contribution in [3.8, 4) is 0 Å². The van der Waals surface area contributed by atoms with Gasteiger partial charge in [0, 0.05) is 11.7 Å². The van der Waals surface area contributed by atoms with E-state index in [0.717, 1.165) is 29.7 Å². The van der Waals surface area contributed by atoms with Gasteiger partial charge >= 0.3 is 0 Å². The van der Waals surface area contributed by atoms with Crippen molar-refractivity contribution in [3.05, 3.63) is 47.2 Å². The lowest BCUT2D eigenvalue weighted by Crippen LogP contribution is -2.18. The van der Waals surface area contributed by atoms with Crippen LogP contribution in [0.1, 0.15) is 48.8 Å². The SMILES string of the molecule is CCc1cccc(C)c1NC(=O)c1ccc(NC(C)CC)nn1. The Balaban J connectivity index is 2.12. The maximum Gasteiger partial charge on any atom is 0.276 e. The second-order valence-electron chi connectivity index (χ2n) is 5.67. The minimum atomic E-state index is -0.239. The van der Waals surface area contributed by atoms with Gasteiger partial charge in [-0.3, -0.25) is 4.79 Å². The van der Waals surface area contributed by atoms with Crippen LogP contribution in [0.5, 0.6) is 0 Å². The van der Waals surface area contributed by atoms with Gasteiger partial charge in [0.05, 0.1) is 0 Å². The van der Waals surface area contributed by atoms with Crippen molar-refractivity contribution in [2.24, 2.45) is 0 Å². The minimum Gasteiger partial charge on any atom is -0.366 e. The summed E-state index contributed by atoms with van der Waals surface area (Å²) in [6.07, 6.45) is 1.86. The van der Waals surface area contributed by atoms with Gasteiger partial charge in [0.1, 0.15) is 5.82 Å². The average molecular weight is 312 g/mol. The number of rotatable bonds is 6. The van der Waals surface area contributed by atoms with Crippen molar-refractivity contribution in [1.29, 1.82) is 0 Å². The molecule has 1 aromatic heterocycles. The summed E-state index contributed by atoms with van der Waals surface area (Å²) in [5, 5.41) is 14.3. The number of benzene rings is 1. The Morgan fingerprint density at radius 3 is 2.57 bits per heavy atom. The molecular weight excluding hydrogens is 288 g/mol. The Labute approximate surface area is 137 Å². The van der Waals surface area contributed by atoms with Crippen LogP contribution in [0.3, 0.4) is 0 Å². The van der Waals surface area contributed by atoms with Crippen LogP contribution in [-0.2, 0) is 6.42 Å². The number of anilines is 2. The maximum absolute atomic E-state index is 12.4. The third kappa shape index (κ3) is 4.28. The number of amides is 1. The van der Waals surface area contributed by atoms with Crippen molar-refractivity contribution < 1.29 is 4.79 Å². The molecule has 0 saturated heterocycles. The molecule has 1 unspecified atom stereocenters. The number of nitrogens with one attached hydrogen (secondary N) is 2. The van der Waals surface area contributed by atoms with E-state index in [2.05, 4.69) is 41.6 Å². The quantitative estimate of drug-likeness (QED) is 0.851. The number of nitrogens with zero attached hydrogens (tertiary/aromatic N) is 2. The molecule has 0 spiro atoms. The molecule has 23 heavy (non-hydrogen) atoms. The molecule has 5 nitrogen and oxygen atoms in total. The molecule has 1 heterocycles. The Kier molecular flexibility index (Phi) is 5.68. The van der Waals surface area contributed by atoms with E-state index in [1.54, 1.807) is 12.1 Å². The predicted octanol–water partition coefficient (Wildman–Crippen LogP) is 3.81. The van der Waals surface area contributed by atoms with Gasteiger partial charge in [-0.25, -0.2) is 0 Å². The molecule has 0 fully saturated rings. The highest BCUT2D eigenvalue weighted by molar-refractivity contribution is 6.03. The van der Waals surface area contributed by atoms with Gasteiger partial charge < -0.3 is 10.6 Å². The van der Waals surface area contributed by atoms with Crippen LogP contribution >= 0.6 is 0 Å². The molecule has 0 saturated carbocycles. The minimum absolute atomic E-state index is 0.239. The van der Waals surface area contributed by atoms with Crippen molar-refractivity contribution in [2.75, 3.05) is 10.6 Å². The first-order valence-electron chi connectivity index (χ1n) is 8.05. The number of hydrogen-bond donors (Lipinski definition) is 2. The average Bonchev–Trinajstić information content (AvgIpc) is 2.57. The first-order chi connectivity index (χ1) is 11.0. The monoisotopic (exact) mass is 312 g/mol. The first-order valence-corrected chi connectivity index (χ1v) is 8.05. The summed E-state index contributed by atoms with van der Waals surface area (Å²) in [5.74, 6) is 0.442. The molecule has 0 bridgehead atoms. The van der Waals surface area contributed by atoms with E-state index < -0.39 is 0 Å². The molecule has 1 amide bonds.